The van der Waals surface area contributed by atoms with Crippen LogP contribution in [-0.4, -0.2) is 5.91 Å². The van der Waals surface area contributed by atoms with E-state index in [4.69, 9.17) is 5.73 Å². The number of fused-ring (bicyclic) bond motifs is 1. The first-order valence-electron chi connectivity index (χ1n) is 6.49. The van der Waals surface area contributed by atoms with E-state index in [1.165, 1.54) is 5.56 Å². The molecule has 0 bridgehead atoms. The summed E-state index contributed by atoms with van der Waals surface area (Å²) >= 11 is 3.48. The van der Waals surface area contributed by atoms with Gasteiger partial charge in [-0.3, -0.25) is 4.79 Å². The van der Waals surface area contributed by atoms with Gasteiger partial charge in [0.25, 0.3) is 0 Å². The summed E-state index contributed by atoms with van der Waals surface area (Å²) in [5, 5.41) is 0. The zero-order chi connectivity index (χ0) is 14.3. The van der Waals surface area contributed by atoms with E-state index in [-0.39, 0.29) is 5.91 Å². The Bertz CT molecular complexity index is 684. The maximum atomic E-state index is 12.4. The highest BCUT2D eigenvalue weighted by atomic mass is 79.9. The number of nitrogens with zero attached hydrogens (tertiary/aromatic N) is 1. The van der Waals surface area contributed by atoms with Crippen LogP contribution in [0.15, 0.2) is 46.9 Å². The van der Waals surface area contributed by atoms with Gasteiger partial charge in [0.2, 0.25) is 5.91 Å². The van der Waals surface area contributed by atoms with Gasteiger partial charge in [-0.1, -0.05) is 46.3 Å². The number of amides is 1. The van der Waals surface area contributed by atoms with Crippen LogP contribution in [0.2, 0.25) is 0 Å². The molecular formula is C16H15BrN2O. The number of nitrogens with two attached hydrogens (primary N) is 1. The number of hydrogen-bond donors (Lipinski definition) is 1. The Morgan fingerprint density at radius 3 is 2.70 bits per heavy atom. The van der Waals surface area contributed by atoms with E-state index in [0.29, 0.717) is 6.54 Å². The van der Waals surface area contributed by atoms with E-state index in [2.05, 4.69) is 28.9 Å². The average Bonchev–Trinajstić information content (AvgIpc) is 2.67. The van der Waals surface area contributed by atoms with Crippen molar-refractivity contribution in [2.45, 2.75) is 19.5 Å². The first-order valence-corrected chi connectivity index (χ1v) is 7.29. The van der Waals surface area contributed by atoms with Crippen molar-refractivity contribution in [3.8, 4) is 0 Å². The van der Waals surface area contributed by atoms with E-state index in [9.17, 15) is 4.79 Å². The molecule has 3 rings (SSSR count). The molecule has 1 heterocycles. The van der Waals surface area contributed by atoms with Crippen LogP contribution < -0.4 is 10.6 Å². The molecule has 0 spiro atoms. The predicted molar refractivity (Wildman–Crippen MR) is 83.4 cm³/mol. The molecule has 102 valence electrons. The average molecular weight is 331 g/mol. The molecule has 2 N–H and O–H groups in total. The fourth-order valence-corrected chi connectivity index (χ4v) is 3.20. The van der Waals surface area contributed by atoms with Crippen molar-refractivity contribution >= 4 is 27.5 Å². The van der Waals surface area contributed by atoms with Crippen molar-refractivity contribution in [3.63, 3.8) is 0 Å². The molecule has 1 aliphatic heterocycles. The lowest BCUT2D eigenvalue weighted by Crippen LogP contribution is -2.31. The number of benzene rings is 2. The Balaban J connectivity index is 2.02. The maximum Gasteiger partial charge on any atom is 0.248 e. The van der Waals surface area contributed by atoms with Crippen molar-refractivity contribution < 1.29 is 4.79 Å². The second kappa shape index (κ2) is 5.04. The van der Waals surface area contributed by atoms with Crippen molar-refractivity contribution in [2.75, 3.05) is 4.90 Å². The first kappa shape index (κ1) is 13.3. The zero-order valence-corrected chi connectivity index (χ0v) is 12.7. The predicted octanol–water partition coefficient (Wildman–Crippen LogP) is 3.30. The standard InChI is InChI=1S/C16H15BrN2O/c1-10-5-2-3-6-11(10)9-19-13-8-4-7-12(17)14(13)15(18)16(19)20/h2-8,15H,9,18H2,1H3. The van der Waals surface area contributed by atoms with Crippen LogP contribution in [0, 0.1) is 6.92 Å². The van der Waals surface area contributed by atoms with Gasteiger partial charge < -0.3 is 10.6 Å². The molecule has 2 aromatic rings. The Kier molecular flexibility index (Phi) is 3.36. The molecule has 0 aromatic heterocycles. The molecule has 1 amide bonds. The number of carbonyl (C=O) groups excluding carboxylic acids is 1. The first-order chi connectivity index (χ1) is 9.59. The van der Waals surface area contributed by atoms with Gasteiger partial charge in [-0.25, -0.2) is 0 Å². The summed E-state index contributed by atoms with van der Waals surface area (Å²) in [6, 6.07) is 13.3. The van der Waals surface area contributed by atoms with Gasteiger partial charge in [-0.15, -0.1) is 0 Å². The van der Waals surface area contributed by atoms with Crippen LogP contribution in [-0.2, 0) is 11.3 Å². The van der Waals surface area contributed by atoms with Crippen LogP contribution in [0.4, 0.5) is 5.69 Å². The van der Waals surface area contributed by atoms with Crippen LogP contribution in [0.1, 0.15) is 22.7 Å². The van der Waals surface area contributed by atoms with Gasteiger partial charge in [0.15, 0.2) is 0 Å². The minimum Gasteiger partial charge on any atom is -0.316 e. The topological polar surface area (TPSA) is 46.3 Å². The number of rotatable bonds is 2. The van der Waals surface area contributed by atoms with Gasteiger partial charge in [0.05, 0.1) is 12.2 Å². The molecule has 20 heavy (non-hydrogen) atoms. The molecule has 1 atom stereocenters. The molecular weight excluding hydrogens is 316 g/mol. The molecule has 1 aliphatic rings. The van der Waals surface area contributed by atoms with Crippen LogP contribution in [0.5, 0.6) is 0 Å². The third kappa shape index (κ3) is 2.05. The fourth-order valence-electron chi connectivity index (χ4n) is 2.60. The Labute approximate surface area is 126 Å². The summed E-state index contributed by atoms with van der Waals surface area (Å²) < 4.78 is 0.892. The summed E-state index contributed by atoms with van der Waals surface area (Å²) in [6.07, 6.45) is 0. The maximum absolute atomic E-state index is 12.4. The highest BCUT2D eigenvalue weighted by Crippen LogP contribution is 2.40. The Morgan fingerprint density at radius 1 is 1.20 bits per heavy atom. The van der Waals surface area contributed by atoms with Gasteiger partial charge in [-0.05, 0) is 30.2 Å². The molecule has 2 aromatic carbocycles. The lowest BCUT2D eigenvalue weighted by molar-refractivity contribution is -0.119. The van der Waals surface area contributed by atoms with Crippen molar-refractivity contribution in [2.24, 2.45) is 5.73 Å². The second-order valence-electron chi connectivity index (χ2n) is 5.00. The fraction of sp³-hybridized carbons (Fsp3) is 0.188. The quantitative estimate of drug-likeness (QED) is 0.918. The van der Waals surface area contributed by atoms with Crippen LogP contribution in [0.3, 0.4) is 0 Å². The lowest BCUT2D eigenvalue weighted by Gasteiger charge is -2.19. The Hall–Kier alpha value is -1.65. The smallest absolute Gasteiger partial charge is 0.248 e. The lowest BCUT2D eigenvalue weighted by atomic mass is 10.1. The van der Waals surface area contributed by atoms with Crippen molar-refractivity contribution in [1.29, 1.82) is 0 Å². The summed E-state index contributed by atoms with van der Waals surface area (Å²) in [5.41, 5.74) is 10.2. The van der Waals surface area contributed by atoms with E-state index in [0.717, 1.165) is 21.3 Å². The molecule has 1 unspecified atom stereocenters. The van der Waals surface area contributed by atoms with Gasteiger partial charge >= 0.3 is 0 Å². The molecule has 4 heteroatoms. The number of carbonyl (C=O) groups is 1. The molecule has 0 fully saturated rings. The summed E-state index contributed by atoms with van der Waals surface area (Å²) in [4.78, 5) is 14.2. The Morgan fingerprint density at radius 2 is 1.95 bits per heavy atom. The normalized spacial score (nSPS) is 17.4. The van der Waals surface area contributed by atoms with Gasteiger partial charge in [-0.2, -0.15) is 0 Å². The summed E-state index contributed by atoms with van der Waals surface area (Å²) in [6.45, 7) is 2.61. The number of anilines is 1. The third-order valence-electron chi connectivity index (χ3n) is 3.75. The SMILES string of the molecule is Cc1ccccc1CN1C(=O)C(N)c2c(Br)cccc21. The van der Waals surface area contributed by atoms with E-state index in [1.807, 2.05) is 36.4 Å². The van der Waals surface area contributed by atoms with E-state index >= 15 is 0 Å². The minimum absolute atomic E-state index is 0.0462. The van der Waals surface area contributed by atoms with E-state index < -0.39 is 6.04 Å². The highest BCUT2D eigenvalue weighted by molar-refractivity contribution is 9.10. The molecule has 0 aliphatic carbocycles. The van der Waals surface area contributed by atoms with Crippen LogP contribution >= 0.6 is 15.9 Å². The van der Waals surface area contributed by atoms with Crippen molar-refractivity contribution in [1.82, 2.24) is 0 Å². The van der Waals surface area contributed by atoms with Gasteiger partial charge in [0, 0.05) is 10.0 Å². The summed E-state index contributed by atoms with van der Waals surface area (Å²) in [7, 11) is 0. The summed E-state index contributed by atoms with van der Waals surface area (Å²) in [5.74, 6) is -0.0462. The molecule has 0 saturated heterocycles. The second-order valence-corrected chi connectivity index (χ2v) is 5.86. The number of hydrogen-bond acceptors (Lipinski definition) is 2. The zero-order valence-electron chi connectivity index (χ0n) is 11.1. The van der Waals surface area contributed by atoms with E-state index in [1.54, 1.807) is 4.90 Å². The third-order valence-corrected chi connectivity index (χ3v) is 4.44. The minimum atomic E-state index is -0.579. The number of halogens is 1. The largest absolute Gasteiger partial charge is 0.316 e. The molecule has 0 radical (unpaired) electrons. The van der Waals surface area contributed by atoms with Crippen LogP contribution in [0.25, 0.3) is 0 Å². The highest BCUT2D eigenvalue weighted by Gasteiger charge is 2.36. The van der Waals surface area contributed by atoms with Gasteiger partial charge in [0.1, 0.15) is 6.04 Å². The number of aryl methyl sites for hydroxylation is 1. The molecule has 3 nitrogen and oxygen atoms in total. The van der Waals surface area contributed by atoms with Crippen molar-refractivity contribution in [3.05, 3.63) is 63.6 Å². The monoisotopic (exact) mass is 330 g/mol. The molecule has 0 saturated carbocycles.